The summed E-state index contributed by atoms with van der Waals surface area (Å²) < 4.78 is 5.52. The normalized spacial score (nSPS) is 15.4. The number of carbonyl (C=O) groups is 1. The predicted octanol–water partition coefficient (Wildman–Crippen LogP) is 2.99. The van der Waals surface area contributed by atoms with Crippen molar-refractivity contribution >= 4 is 29.1 Å². The maximum absolute atomic E-state index is 11.4. The van der Waals surface area contributed by atoms with Crippen LogP contribution in [0.5, 0.6) is 5.75 Å². The van der Waals surface area contributed by atoms with Crippen LogP contribution in [-0.4, -0.2) is 30.5 Å². The molecule has 0 spiro atoms. The monoisotopic (exact) mass is 273 g/mol. The highest BCUT2D eigenvalue weighted by Crippen LogP contribution is 2.24. The molecule has 2 rings (SSSR count). The van der Waals surface area contributed by atoms with Gasteiger partial charge < -0.3 is 9.64 Å². The molecular formula is C12H13Cl2NO2. The summed E-state index contributed by atoms with van der Waals surface area (Å²) in [5.41, 5.74) is 0. The fourth-order valence-corrected chi connectivity index (χ4v) is 2.33. The van der Waals surface area contributed by atoms with E-state index in [0.717, 1.165) is 13.0 Å². The van der Waals surface area contributed by atoms with Crippen molar-refractivity contribution in [3.05, 3.63) is 28.2 Å². The van der Waals surface area contributed by atoms with E-state index in [9.17, 15) is 4.79 Å². The minimum absolute atomic E-state index is 0.206. The SMILES string of the molecule is O=C1CCCN1CCOc1cc(Cl)cc(Cl)c1. The summed E-state index contributed by atoms with van der Waals surface area (Å²) in [7, 11) is 0. The summed E-state index contributed by atoms with van der Waals surface area (Å²) in [5, 5.41) is 1.09. The molecule has 1 aromatic rings. The van der Waals surface area contributed by atoms with Crippen LogP contribution < -0.4 is 4.74 Å². The summed E-state index contributed by atoms with van der Waals surface area (Å²) in [4.78, 5) is 13.2. The van der Waals surface area contributed by atoms with Crippen molar-refractivity contribution < 1.29 is 9.53 Å². The molecule has 0 bridgehead atoms. The molecular weight excluding hydrogens is 261 g/mol. The first kappa shape index (κ1) is 12.5. The molecule has 0 atom stereocenters. The number of likely N-dealkylation sites (tertiary alicyclic amines) is 1. The first-order valence-corrected chi connectivity index (χ1v) is 6.27. The molecule has 0 saturated carbocycles. The van der Waals surface area contributed by atoms with E-state index in [1.54, 1.807) is 18.2 Å². The third-order valence-electron chi connectivity index (χ3n) is 2.64. The average Bonchev–Trinajstić information content (AvgIpc) is 2.63. The number of ether oxygens (including phenoxy) is 1. The lowest BCUT2D eigenvalue weighted by molar-refractivity contribution is -0.128. The maximum atomic E-state index is 11.4. The van der Waals surface area contributed by atoms with Crippen molar-refractivity contribution in [2.24, 2.45) is 0 Å². The third kappa shape index (κ3) is 3.51. The van der Waals surface area contributed by atoms with Gasteiger partial charge in [-0.2, -0.15) is 0 Å². The van der Waals surface area contributed by atoms with Gasteiger partial charge in [-0.1, -0.05) is 23.2 Å². The smallest absolute Gasteiger partial charge is 0.222 e. The second-order valence-electron chi connectivity index (χ2n) is 3.94. The van der Waals surface area contributed by atoms with Gasteiger partial charge >= 0.3 is 0 Å². The zero-order valence-corrected chi connectivity index (χ0v) is 10.8. The largest absolute Gasteiger partial charge is 0.492 e. The minimum Gasteiger partial charge on any atom is -0.492 e. The molecule has 17 heavy (non-hydrogen) atoms. The van der Waals surface area contributed by atoms with Crippen LogP contribution in [0, 0.1) is 0 Å². The Morgan fingerprint density at radius 2 is 1.94 bits per heavy atom. The molecule has 1 aliphatic rings. The maximum Gasteiger partial charge on any atom is 0.222 e. The van der Waals surface area contributed by atoms with Crippen molar-refractivity contribution in [1.82, 2.24) is 4.90 Å². The van der Waals surface area contributed by atoms with Crippen LogP contribution in [-0.2, 0) is 4.79 Å². The summed E-state index contributed by atoms with van der Waals surface area (Å²) in [6.45, 7) is 1.91. The molecule has 3 nitrogen and oxygen atoms in total. The van der Waals surface area contributed by atoms with E-state index in [0.29, 0.717) is 35.4 Å². The third-order valence-corrected chi connectivity index (χ3v) is 3.07. The molecule has 1 saturated heterocycles. The van der Waals surface area contributed by atoms with E-state index in [-0.39, 0.29) is 5.91 Å². The number of nitrogens with zero attached hydrogens (tertiary/aromatic N) is 1. The molecule has 1 aliphatic heterocycles. The highest BCUT2D eigenvalue weighted by atomic mass is 35.5. The molecule has 1 amide bonds. The number of amides is 1. The summed E-state index contributed by atoms with van der Waals surface area (Å²) >= 11 is 11.7. The van der Waals surface area contributed by atoms with Gasteiger partial charge in [-0.25, -0.2) is 0 Å². The highest BCUT2D eigenvalue weighted by molar-refractivity contribution is 6.34. The van der Waals surface area contributed by atoms with Gasteiger partial charge in [-0.15, -0.1) is 0 Å². The van der Waals surface area contributed by atoms with E-state index >= 15 is 0 Å². The van der Waals surface area contributed by atoms with Gasteiger partial charge in [0.15, 0.2) is 0 Å². The topological polar surface area (TPSA) is 29.5 Å². The highest BCUT2D eigenvalue weighted by Gasteiger charge is 2.19. The molecule has 92 valence electrons. The molecule has 0 aliphatic carbocycles. The zero-order chi connectivity index (χ0) is 12.3. The standard InChI is InChI=1S/C12H13Cl2NO2/c13-9-6-10(14)8-11(7-9)17-5-4-15-3-1-2-12(15)16/h6-8H,1-5H2. The van der Waals surface area contributed by atoms with E-state index in [1.807, 2.05) is 4.90 Å². The molecule has 0 radical (unpaired) electrons. The van der Waals surface area contributed by atoms with Crippen LogP contribution in [0.15, 0.2) is 18.2 Å². The van der Waals surface area contributed by atoms with Crippen LogP contribution in [0.25, 0.3) is 0 Å². The van der Waals surface area contributed by atoms with Crippen molar-refractivity contribution in [2.45, 2.75) is 12.8 Å². The second-order valence-corrected chi connectivity index (χ2v) is 4.81. The van der Waals surface area contributed by atoms with Crippen molar-refractivity contribution in [3.63, 3.8) is 0 Å². The molecule has 0 unspecified atom stereocenters. The Kier molecular flexibility index (Phi) is 4.13. The Balaban J connectivity index is 1.83. The van der Waals surface area contributed by atoms with Gasteiger partial charge in [-0.05, 0) is 24.6 Å². The Morgan fingerprint density at radius 1 is 1.24 bits per heavy atom. The van der Waals surface area contributed by atoms with Crippen molar-refractivity contribution in [2.75, 3.05) is 19.7 Å². The fraction of sp³-hybridized carbons (Fsp3) is 0.417. The molecule has 5 heteroatoms. The fourth-order valence-electron chi connectivity index (χ4n) is 1.83. The number of hydrogen-bond donors (Lipinski definition) is 0. The minimum atomic E-state index is 0.206. The Labute approximate surface area is 110 Å². The van der Waals surface area contributed by atoms with Crippen molar-refractivity contribution in [1.29, 1.82) is 0 Å². The molecule has 0 aromatic heterocycles. The second kappa shape index (κ2) is 5.61. The first-order chi connectivity index (χ1) is 8.15. The quantitative estimate of drug-likeness (QED) is 0.844. The Morgan fingerprint density at radius 3 is 2.53 bits per heavy atom. The van der Waals surface area contributed by atoms with Crippen molar-refractivity contribution in [3.8, 4) is 5.75 Å². The van der Waals surface area contributed by atoms with E-state index in [2.05, 4.69) is 0 Å². The van der Waals surface area contributed by atoms with E-state index < -0.39 is 0 Å². The molecule has 1 fully saturated rings. The number of hydrogen-bond acceptors (Lipinski definition) is 2. The lowest BCUT2D eigenvalue weighted by atomic mass is 10.3. The van der Waals surface area contributed by atoms with Crippen LogP contribution in [0.1, 0.15) is 12.8 Å². The Bertz CT molecular complexity index is 403. The van der Waals surface area contributed by atoms with Gasteiger partial charge in [0.2, 0.25) is 5.91 Å². The number of halogens is 2. The number of carbonyl (C=O) groups excluding carboxylic acids is 1. The first-order valence-electron chi connectivity index (χ1n) is 5.52. The average molecular weight is 274 g/mol. The van der Waals surface area contributed by atoms with Gasteiger partial charge in [0, 0.05) is 23.0 Å². The number of benzene rings is 1. The predicted molar refractivity (Wildman–Crippen MR) is 67.8 cm³/mol. The van der Waals surface area contributed by atoms with Gasteiger partial charge in [0.1, 0.15) is 12.4 Å². The lowest BCUT2D eigenvalue weighted by Gasteiger charge is -2.15. The zero-order valence-electron chi connectivity index (χ0n) is 9.29. The lowest BCUT2D eigenvalue weighted by Crippen LogP contribution is -2.29. The summed E-state index contributed by atoms with van der Waals surface area (Å²) in [6, 6.07) is 5.07. The van der Waals surface area contributed by atoms with E-state index in [1.165, 1.54) is 0 Å². The number of rotatable bonds is 4. The van der Waals surface area contributed by atoms with E-state index in [4.69, 9.17) is 27.9 Å². The van der Waals surface area contributed by atoms with Crippen LogP contribution in [0.3, 0.4) is 0 Å². The van der Waals surface area contributed by atoms with Crippen LogP contribution in [0.2, 0.25) is 10.0 Å². The summed E-state index contributed by atoms with van der Waals surface area (Å²) in [5.74, 6) is 0.840. The van der Waals surface area contributed by atoms with Crippen LogP contribution in [0.4, 0.5) is 0 Å². The molecule has 1 heterocycles. The molecule has 1 aromatic carbocycles. The summed E-state index contributed by atoms with van der Waals surface area (Å²) in [6.07, 6.45) is 1.60. The van der Waals surface area contributed by atoms with Gasteiger partial charge in [0.05, 0.1) is 6.54 Å². The Hall–Kier alpha value is -0.930. The van der Waals surface area contributed by atoms with Gasteiger partial charge in [0.25, 0.3) is 0 Å². The van der Waals surface area contributed by atoms with Crippen LogP contribution >= 0.6 is 23.2 Å². The molecule has 0 N–H and O–H groups in total. The van der Waals surface area contributed by atoms with Gasteiger partial charge in [-0.3, -0.25) is 4.79 Å².